The van der Waals surface area contributed by atoms with Crippen molar-refractivity contribution < 1.29 is 33.2 Å². The van der Waals surface area contributed by atoms with Crippen LogP contribution >= 0.6 is 0 Å². The van der Waals surface area contributed by atoms with Gasteiger partial charge < -0.3 is 29.4 Å². The number of imidazole rings is 1. The van der Waals surface area contributed by atoms with Crippen molar-refractivity contribution in [3.05, 3.63) is 144 Å². The van der Waals surface area contributed by atoms with Gasteiger partial charge in [0.1, 0.15) is 35.6 Å². The Bertz CT molecular complexity index is 2010. The van der Waals surface area contributed by atoms with Gasteiger partial charge in [0.25, 0.3) is 5.91 Å². The number of hydrogen-bond donors (Lipinski definition) is 2. The number of carbonyl (C=O) groups is 1. The minimum Gasteiger partial charge on any atom is -0.497 e. The summed E-state index contributed by atoms with van der Waals surface area (Å²) in [5, 5.41) is 13.9. The quantitative estimate of drug-likeness (QED) is 0.166. The Morgan fingerprint density at radius 3 is 2.02 bits per heavy atom. The van der Waals surface area contributed by atoms with Crippen LogP contribution in [0, 0.1) is 0 Å². The Morgan fingerprint density at radius 2 is 1.42 bits per heavy atom. The van der Waals surface area contributed by atoms with E-state index in [9.17, 15) is 9.90 Å². The smallest absolute Gasteiger partial charge is 0.256 e. The van der Waals surface area contributed by atoms with Crippen LogP contribution in [0.15, 0.2) is 122 Å². The second kappa shape index (κ2) is 14.0. The molecule has 4 unspecified atom stereocenters. The summed E-state index contributed by atoms with van der Waals surface area (Å²) in [7, 11) is 3.19. The fourth-order valence-electron chi connectivity index (χ4n) is 6.25. The highest BCUT2D eigenvalue weighted by atomic mass is 19.1. The number of nitrogens with zero attached hydrogens (tertiary/aromatic N) is 4. The number of aliphatic hydroxyl groups excluding tert-OH is 1. The summed E-state index contributed by atoms with van der Waals surface area (Å²) in [6.45, 7) is -0.234. The standard InChI is InChI=1S/C38H34FN5O6/c1-47-28-17-13-26(14-18-28)38(25-11-7-4-8-12-25,27-15-19-29(48-2)20-16-27)49-21-30-31(39)33(45)37(50-30)44-23-42-32-34(40-22-41-35(32)44)43-36(46)24-9-5-3-6-10-24/h3-20,22-23,30-31,33,37,45H,21H2,1-2H3,(H,40,41,43,46). The summed E-state index contributed by atoms with van der Waals surface area (Å²) < 4.78 is 41.3. The van der Waals surface area contributed by atoms with Gasteiger partial charge in [-0.15, -0.1) is 0 Å². The molecule has 254 valence electrons. The maximum absolute atomic E-state index is 16.0. The fraction of sp³-hybridized carbons (Fsp3) is 0.211. The average molecular weight is 676 g/mol. The maximum atomic E-state index is 16.0. The van der Waals surface area contributed by atoms with E-state index < -0.39 is 30.2 Å². The average Bonchev–Trinajstić information content (AvgIpc) is 3.73. The first-order chi connectivity index (χ1) is 24.4. The van der Waals surface area contributed by atoms with Crippen molar-refractivity contribution in [3.8, 4) is 11.5 Å². The first kappa shape index (κ1) is 32.8. The number of anilines is 1. The zero-order valence-corrected chi connectivity index (χ0v) is 27.2. The topological polar surface area (TPSA) is 130 Å². The molecule has 0 aliphatic carbocycles. The molecular formula is C38H34FN5O6. The lowest BCUT2D eigenvalue weighted by Crippen LogP contribution is -2.38. The molecule has 1 saturated heterocycles. The lowest BCUT2D eigenvalue weighted by molar-refractivity contribution is -0.0894. The lowest BCUT2D eigenvalue weighted by atomic mass is 9.80. The van der Waals surface area contributed by atoms with Crippen LogP contribution in [-0.4, -0.2) is 69.7 Å². The van der Waals surface area contributed by atoms with Crippen molar-refractivity contribution in [1.29, 1.82) is 0 Å². The molecule has 11 nitrogen and oxygen atoms in total. The molecule has 4 aromatic carbocycles. The summed E-state index contributed by atoms with van der Waals surface area (Å²) in [5.74, 6) is 1.12. The minimum absolute atomic E-state index is 0.165. The normalized spacial score (nSPS) is 19.0. The van der Waals surface area contributed by atoms with E-state index in [0.29, 0.717) is 17.1 Å². The van der Waals surface area contributed by atoms with E-state index in [1.807, 2.05) is 84.9 Å². The molecule has 2 aromatic heterocycles. The molecule has 1 aliphatic heterocycles. The number of rotatable bonds is 11. The molecule has 2 N–H and O–H groups in total. The highest BCUT2D eigenvalue weighted by molar-refractivity contribution is 6.06. The number of halogens is 1. The zero-order valence-electron chi connectivity index (χ0n) is 27.2. The predicted molar refractivity (Wildman–Crippen MR) is 183 cm³/mol. The van der Waals surface area contributed by atoms with Crippen LogP contribution in [0.25, 0.3) is 11.2 Å². The Labute approximate surface area is 287 Å². The van der Waals surface area contributed by atoms with E-state index in [-0.39, 0.29) is 29.5 Å². The molecule has 1 amide bonds. The largest absolute Gasteiger partial charge is 0.497 e. The number of ether oxygens (including phenoxy) is 4. The van der Waals surface area contributed by atoms with E-state index >= 15 is 4.39 Å². The molecular weight excluding hydrogens is 641 g/mol. The van der Waals surface area contributed by atoms with E-state index in [0.717, 1.165) is 16.7 Å². The number of aliphatic hydroxyl groups is 1. The summed E-state index contributed by atoms with van der Waals surface area (Å²) >= 11 is 0. The van der Waals surface area contributed by atoms with Gasteiger partial charge in [-0.2, -0.15) is 0 Å². The van der Waals surface area contributed by atoms with Gasteiger partial charge in [0.05, 0.1) is 27.2 Å². The third kappa shape index (κ3) is 6.04. The number of aromatic nitrogens is 4. The second-order valence-corrected chi connectivity index (χ2v) is 11.7. The Morgan fingerprint density at radius 1 is 0.840 bits per heavy atom. The maximum Gasteiger partial charge on any atom is 0.256 e. The number of amides is 1. The zero-order chi connectivity index (χ0) is 34.7. The van der Waals surface area contributed by atoms with Crippen LogP contribution in [0.2, 0.25) is 0 Å². The Balaban J connectivity index is 1.20. The number of methoxy groups -OCH3 is 2. The van der Waals surface area contributed by atoms with E-state index in [1.165, 1.54) is 17.2 Å². The van der Waals surface area contributed by atoms with Crippen molar-refractivity contribution in [3.63, 3.8) is 0 Å². The first-order valence-electron chi connectivity index (χ1n) is 15.9. The third-order valence-electron chi connectivity index (χ3n) is 8.83. The molecule has 4 atom stereocenters. The van der Waals surface area contributed by atoms with Crippen LogP contribution in [0.1, 0.15) is 33.3 Å². The number of alkyl halides is 1. The van der Waals surface area contributed by atoms with Gasteiger partial charge in [0.15, 0.2) is 29.4 Å². The van der Waals surface area contributed by atoms with Gasteiger partial charge in [-0.25, -0.2) is 19.3 Å². The summed E-state index contributed by atoms with van der Waals surface area (Å²) in [5.41, 5.74) is 2.05. The number of hydrogen-bond acceptors (Lipinski definition) is 9. The van der Waals surface area contributed by atoms with Gasteiger partial charge in [-0.1, -0.05) is 72.8 Å². The molecule has 1 fully saturated rings. The van der Waals surface area contributed by atoms with Gasteiger partial charge >= 0.3 is 0 Å². The van der Waals surface area contributed by atoms with Crippen molar-refractivity contribution in [1.82, 2.24) is 19.5 Å². The predicted octanol–water partition coefficient (Wildman–Crippen LogP) is 5.70. The van der Waals surface area contributed by atoms with Gasteiger partial charge in [-0.05, 0) is 53.1 Å². The van der Waals surface area contributed by atoms with Crippen molar-refractivity contribution >= 4 is 22.9 Å². The number of carbonyl (C=O) groups excluding carboxylic acids is 1. The van der Waals surface area contributed by atoms with Gasteiger partial charge in [0, 0.05) is 5.56 Å². The summed E-state index contributed by atoms with van der Waals surface area (Å²) in [6.07, 6.45) is -3.13. The lowest BCUT2D eigenvalue weighted by Gasteiger charge is -2.37. The molecule has 0 bridgehead atoms. The second-order valence-electron chi connectivity index (χ2n) is 11.7. The van der Waals surface area contributed by atoms with Crippen molar-refractivity contribution in [2.75, 3.05) is 26.1 Å². The molecule has 0 radical (unpaired) electrons. The molecule has 1 aliphatic rings. The van der Waals surface area contributed by atoms with Crippen LogP contribution in [-0.2, 0) is 15.1 Å². The van der Waals surface area contributed by atoms with Crippen LogP contribution in [0.4, 0.5) is 10.2 Å². The van der Waals surface area contributed by atoms with Crippen LogP contribution in [0.3, 0.4) is 0 Å². The molecule has 6 aromatic rings. The highest BCUT2D eigenvalue weighted by Gasteiger charge is 2.48. The minimum atomic E-state index is -1.82. The third-order valence-corrected chi connectivity index (χ3v) is 8.83. The molecule has 0 spiro atoms. The highest BCUT2D eigenvalue weighted by Crippen LogP contribution is 2.43. The van der Waals surface area contributed by atoms with E-state index in [4.69, 9.17) is 18.9 Å². The van der Waals surface area contributed by atoms with Crippen molar-refractivity contribution in [2.45, 2.75) is 30.2 Å². The molecule has 3 heterocycles. The Hall–Kier alpha value is -5.69. The van der Waals surface area contributed by atoms with Crippen molar-refractivity contribution in [2.24, 2.45) is 0 Å². The summed E-state index contributed by atoms with van der Waals surface area (Å²) in [6, 6.07) is 33.3. The molecule has 50 heavy (non-hydrogen) atoms. The SMILES string of the molecule is COc1ccc(C(OCC2OC(n3cnc4c(NC(=O)c5ccccc5)ncnc43)C(O)C2F)(c2ccccc2)c2ccc(OC)cc2)cc1. The molecule has 7 rings (SSSR count). The number of nitrogens with one attached hydrogen (secondary N) is 1. The monoisotopic (exact) mass is 675 g/mol. The van der Waals surface area contributed by atoms with Gasteiger partial charge in [-0.3, -0.25) is 9.36 Å². The van der Waals surface area contributed by atoms with Crippen LogP contribution < -0.4 is 14.8 Å². The van der Waals surface area contributed by atoms with E-state index in [1.54, 1.807) is 38.5 Å². The van der Waals surface area contributed by atoms with Gasteiger partial charge in [0.2, 0.25) is 0 Å². The molecule has 0 saturated carbocycles. The van der Waals surface area contributed by atoms with Crippen LogP contribution in [0.5, 0.6) is 11.5 Å². The Kier molecular flexibility index (Phi) is 9.22. The number of benzene rings is 4. The molecule has 12 heteroatoms. The number of fused-ring (bicyclic) bond motifs is 1. The summed E-state index contributed by atoms with van der Waals surface area (Å²) in [4.78, 5) is 25.7. The fourth-order valence-corrected chi connectivity index (χ4v) is 6.25. The van der Waals surface area contributed by atoms with E-state index in [2.05, 4.69) is 20.3 Å². The first-order valence-corrected chi connectivity index (χ1v) is 15.9.